The normalized spacial score (nSPS) is 20.2. The summed E-state index contributed by atoms with van der Waals surface area (Å²) in [7, 11) is 0. The lowest BCUT2D eigenvalue weighted by atomic mass is 10.1. The van der Waals surface area contributed by atoms with Gasteiger partial charge in [-0.15, -0.1) is 0 Å². The number of amides is 1. The van der Waals surface area contributed by atoms with E-state index in [4.69, 9.17) is 4.74 Å². The van der Waals surface area contributed by atoms with Crippen molar-refractivity contribution >= 4 is 5.91 Å². The maximum atomic E-state index is 12.6. The zero-order chi connectivity index (χ0) is 17.2. The largest absolute Gasteiger partial charge is 0.490 e. The fraction of sp³-hybridized carbons (Fsp3) is 0.389. The summed E-state index contributed by atoms with van der Waals surface area (Å²) in [6.07, 6.45) is 3.42. The molecule has 1 aromatic heterocycles. The van der Waals surface area contributed by atoms with Gasteiger partial charge in [-0.2, -0.15) is 0 Å². The monoisotopic (exact) mass is 327 g/mol. The quantitative estimate of drug-likeness (QED) is 0.926. The lowest BCUT2D eigenvalue weighted by molar-refractivity contribution is 0.00411. The molecule has 0 saturated carbocycles. The van der Waals surface area contributed by atoms with Crippen molar-refractivity contribution in [1.29, 1.82) is 0 Å². The number of para-hydroxylation sites is 1. The lowest BCUT2D eigenvalue weighted by Crippen LogP contribution is -2.41. The molecule has 6 heteroatoms. The molecule has 1 N–H and O–H groups in total. The van der Waals surface area contributed by atoms with Crippen molar-refractivity contribution in [3.05, 3.63) is 53.6 Å². The average molecular weight is 327 g/mol. The number of aromatic nitrogens is 2. The molecule has 2 heterocycles. The first-order chi connectivity index (χ1) is 11.5. The molecule has 1 amide bonds. The fourth-order valence-corrected chi connectivity index (χ4v) is 2.85. The number of aliphatic hydroxyl groups is 1. The van der Waals surface area contributed by atoms with Gasteiger partial charge in [-0.3, -0.25) is 4.79 Å². The van der Waals surface area contributed by atoms with Gasteiger partial charge in [0.1, 0.15) is 24.3 Å². The van der Waals surface area contributed by atoms with Crippen LogP contribution in [0.5, 0.6) is 5.75 Å². The van der Waals surface area contributed by atoms with Crippen LogP contribution in [0.1, 0.15) is 28.0 Å². The van der Waals surface area contributed by atoms with Gasteiger partial charge < -0.3 is 14.7 Å². The van der Waals surface area contributed by atoms with Crippen LogP contribution in [0.4, 0.5) is 0 Å². The van der Waals surface area contributed by atoms with E-state index in [0.717, 1.165) is 11.3 Å². The Balaban J connectivity index is 1.65. The van der Waals surface area contributed by atoms with Crippen LogP contribution < -0.4 is 4.74 Å². The molecule has 1 aromatic carbocycles. The first-order valence-corrected chi connectivity index (χ1v) is 7.95. The van der Waals surface area contributed by atoms with E-state index < -0.39 is 5.60 Å². The topological polar surface area (TPSA) is 75.6 Å². The van der Waals surface area contributed by atoms with E-state index in [0.29, 0.717) is 24.2 Å². The first kappa shape index (κ1) is 16.4. The van der Waals surface area contributed by atoms with Crippen molar-refractivity contribution in [3.8, 4) is 5.75 Å². The highest BCUT2D eigenvalue weighted by molar-refractivity contribution is 5.95. The molecule has 1 atom stereocenters. The summed E-state index contributed by atoms with van der Waals surface area (Å²) in [6.45, 7) is 4.62. The van der Waals surface area contributed by atoms with Gasteiger partial charge in [0.05, 0.1) is 17.8 Å². The van der Waals surface area contributed by atoms with Crippen molar-refractivity contribution in [2.75, 3.05) is 19.7 Å². The highest BCUT2D eigenvalue weighted by Gasteiger charge is 2.39. The van der Waals surface area contributed by atoms with Gasteiger partial charge >= 0.3 is 0 Å². The van der Waals surface area contributed by atoms with Gasteiger partial charge in [-0.25, -0.2) is 9.97 Å². The Hall–Kier alpha value is -2.47. The van der Waals surface area contributed by atoms with E-state index in [9.17, 15) is 9.90 Å². The summed E-state index contributed by atoms with van der Waals surface area (Å²) < 4.78 is 5.77. The van der Waals surface area contributed by atoms with Crippen LogP contribution in [-0.2, 0) is 0 Å². The van der Waals surface area contributed by atoms with Gasteiger partial charge in [-0.1, -0.05) is 18.2 Å². The Morgan fingerprint density at radius 3 is 2.92 bits per heavy atom. The van der Waals surface area contributed by atoms with Crippen LogP contribution in [-0.4, -0.2) is 51.2 Å². The Morgan fingerprint density at radius 1 is 1.38 bits per heavy atom. The van der Waals surface area contributed by atoms with E-state index in [1.807, 2.05) is 31.2 Å². The van der Waals surface area contributed by atoms with Crippen molar-refractivity contribution < 1.29 is 14.6 Å². The third kappa shape index (κ3) is 3.38. The van der Waals surface area contributed by atoms with Crippen molar-refractivity contribution in [2.24, 2.45) is 0 Å². The summed E-state index contributed by atoms with van der Waals surface area (Å²) in [5, 5.41) is 10.7. The van der Waals surface area contributed by atoms with E-state index in [1.165, 1.54) is 12.5 Å². The van der Waals surface area contributed by atoms with E-state index in [-0.39, 0.29) is 19.1 Å². The maximum absolute atomic E-state index is 12.6. The smallest absolute Gasteiger partial charge is 0.257 e. The minimum absolute atomic E-state index is 0.153. The maximum Gasteiger partial charge on any atom is 0.257 e. The van der Waals surface area contributed by atoms with Gasteiger partial charge in [0.15, 0.2) is 0 Å². The Kier molecular flexibility index (Phi) is 4.49. The van der Waals surface area contributed by atoms with Gasteiger partial charge in [0.2, 0.25) is 0 Å². The number of nitrogens with zero attached hydrogens (tertiary/aromatic N) is 3. The average Bonchev–Trinajstić information content (AvgIpc) is 2.97. The summed E-state index contributed by atoms with van der Waals surface area (Å²) in [4.78, 5) is 22.2. The van der Waals surface area contributed by atoms with Crippen LogP contribution >= 0.6 is 0 Å². The molecule has 1 saturated heterocycles. The molecule has 2 aromatic rings. The number of carbonyl (C=O) groups is 1. The molecule has 0 bridgehead atoms. The Labute approximate surface area is 141 Å². The highest BCUT2D eigenvalue weighted by atomic mass is 16.5. The van der Waals surface area contributed by atoms with E-state index in [1.54, 1.807) is 11.8 Å². The second-order valence-electron chi connectivity index (χ2n) is 6.28. The van der Waals surface area contributed by atoms with Crippen molar-refractivity contribution in [2.45, 2.75) is 25.9 Å². The van der Waals surface area contributed by atoms with Crippen LogP contribution in [0, 0.1) is 13.8 Å². The van der Waals surface area contributed by atoms with Crippen LogP contribution in [0.15, 0.2) is 36.8 Å². The lowest BCUT2D eigenvalue weighted by Gasteiger charge is -2.24. The van der Waals surface area contributed by atoms with E-state index in [2.05, 4.69) is 9.97 Å². The Bertz CT molecular complexity index is 750. The van der Waals surface area contributed by atoms with Crippen LogP contribution in [0.3, 0.4) is 0 Å². The molecule has 24 heavy (non-hydrogen) atoms. The fourth-order valence-electron chi connectivity index (χ4n) is 2.85. The molecule has 0 spiro atoms. The second-order valence-corrected chi connectivity index (χ2v) is 6.28. The standard InChI is InChI=1S/C18H21N3O3/c1-13-5-3-4-6-16(13)24-11-18(23)7-8-21(10-18)17(22)15-9-19-12-20-14(15)2/h3-6,9,12,23H,7-8,10-11H2,1-2H3/t18-/m0/s1. The number of benzene rings is 1. The van der Waals surface area contributed by atoms with Crippen molar-refractivity contribution in [3.63, 3.8) is 0 Å². The molecular formula is C18H21N3O3. The third-order valence-electron chi connectivity index (χ3n) is 4.35. The minimum atomic E-state index is -1.04. The number of likely N-dealkylation sites (tertiary alicyclic amines) is 1. The second kappa shape index (κ2) is 6.57. The third-order valence-corrected chi connectivity index (χ3v) is 4.35. The predicted octanol–water partition coefficient (Wildman–Crippen LogP) is 1.75. The zero-order valence-corrected chi connectivity index (χ0v) is 13.9. The first-order valence-electron chi connectivity index (χ1n) is 7.95. The van der Waals surface area contributed by atoms with Gasteiger partial charge in [0.25, 0.3) is 5.91 Å². The number of hydrogen-bond donors (Lipinski definition) is 1. The molecular weight excluding hydrogens is 306 g/mol. The molecule has 0 radical (unpaired) electrons. The SMILES string of the molecule is Cc1ccccc1OC[C@]1(O)CCN(C(=O)c2cncnc2C)C1. The molecule has 1 aliphatic heterocycles. The van der Waals surface area contributed by atoms with Gasteiger partial charge in [0, 0.05) is 12.7 Å². The molecule has 126 valence electrons. The van der Waals surface area contributed by atoms with Crippen molar-refractivity contribution in [1.82, 2.24) is 14.9 Å². The number of β-amino-alcohol motifs (C(OH)–C–C–N with tert-alkyl or cyclic N) is 1. The van der Waals surface area contributed by atoms with Crippen LogP contribution in [0.2, 0.25) is 0 Å². The number of carbonyl (C=O) groups excluding carboxylic acids is 1. The number of aryl methyl sites for hydroxylation is 2. The summed E-state index contributed by atoms with van der Waals surface area (Å²) in [5.41, 5.74) is 1.09. The zero-order valence-electron chi connectivity index (χ0n) is 13.9. The minimum Gasteiger partial charge on any atom is -0.490 e. The summed E-state index contributed by atoms with van der Waals surface area (Å²) >= 11 is 0. The molecule has 0 unspecified atom stereocenters. The number of hydrogen-bond acceptors (Lipinski definition) is 5. The molecule has 0 aliphatic carbocycles. The number of ether oxygens (including phenoxy) is 1. The van der Waals surface area contributed by atoms with Crippen LogP contribution in [0.25, 0.3) is 0 Å². The molecule has 1 aliphatic rings. The predicted molar refractivity (Wildman–Crippen MR) is 88.9 cm³/mol. The highest BCUT2D eigenvalue weighted by Crippen LogP contribution is 2.25. The molecule has 6 nitrogen and oxygen atoms in total. The number of rotatable bonds is 4. The molecule has 3 rings (SSSR count). The van der Waals surface area contributed by atoms with E-state index >= 15 is 0 Å². The van der Waals surface area contributed by atoms with Gasteiger partial charge in [-0.05, 0) is 31.9 Å². The summed E-state index contributed by atoms with van der Waals surface area (Å²) in [6, 6.07) is 7.68. The Morgan fingerprint density at radius 2 is 2.17 bits per heavy atom. The molecule has 1 fully saturated rings. The summed E-state index contributed by atoms with van der Waals surface area (Å²) in [5.74, 6) is 0.600.